The van der Waals surface area contributed by atoms with Gasteiger partial charge >= 0.3 is 11.9 Å². The molecule has 0 saturated carbocycles. The van der Waals surface area contributed by atoms with Crippen LogP contribution in [0, 0.1) is 0 Å². The molecular formula is C35H47N3O4. The van der Waals surface area contributed by atoms with E-state index in [1.54, 1.807) is 41.5 Å². The van der Waals surface area contributed by atoms with Crippen LogP contribution in [0.25, 0.3) is 0 Å². The van der Waals surface area contributed by atoms with Crippen LogP contribution < -0.4 is 16.8 Å². The minimum Gasteiger partial charge on any atom is -0.458 e. The summed E-state index contributed by atoms with van der Waals surface area (Å²) in [4.78, 5) is 26.4. The zero-order valence-corrected chi connectivity index (χ0v) is 25.9. The maximum atomic E-state index is 13.2. The Morgan fingerprint density at radius 2 is 1.02 bits per heavy atom. The Hall–Kier alpha value is -3.52. The molecule has 0 fully saturated rings. The summed E-state index contributed by atoms with van der Waals surface area (Å²) in [7, 11) is 0. The van der Waals surface area contributed by atoms with E-state index in [0.717, 1.165) is 23.1 Å². The van der Waals surface area contributed by atoms with Crippen LogP contribution in [0.1, 0.15) is 77.5 Å². The van der Waals surface area contributed by atoms with Crippen LogP contribution in [0.2, 0.25) is 0 Å². The van der Waals surface area contributed by atoms with E-state index >= 15 is 0 Å². The van der Waals surface area contributed by atoms with Crippen LogP contribution in [0.4, 0.5) is 0 Å². The molecule has 0 aliphatic rings. The van der Waals surface area contributed by atoms with Crippen LogP contribution in [0.3, 0.4) is 0 Å². The Balaban J connectivity index is 1.81. The topological polar surface area (TPSA) is 117 Å². The Labute approximate surface area is 251 Å². The van der Waals surface area contributed by atoms with E-state index < -0.39 is 40.3 Å². The Morgan fingerprint density at radius 1 is 0.667 bits per heavy atom. The molecule has 0 aliphatic heterocycles. The van der Waals surface area contributed by atoms with Crippen molar-refractivity contribution >= 4 is 11.9 Å². The van der Waals surface area contributed by atoms with Crippen LogP contribution in [-0.4, -0.2) is 41.3 Å². The van der Waals surface area contributed by atoms with Gasteiger partial charge in [0.1, 0.15) is 11.2 Å². The van der Waals surface area contributed by atoms with Crippen molar-refractivity contribution in [1.82, 2.24) is 5.32 Å². The number of esters is 2. The van der Waals surface area contributed by atoms with E-state index in [-0.39, 0.29) is 0 Å². The smallest absolute Gasteiger partial charge is 0.340 e. The molecule has 3 aromatic rings. The van der Waals surface area contributed by atoms with Gasteiger partial charge < -0.3 is 20.9 Å². The first-order valence-electron chi connectivity index (χ1n) is 14.6. The average Bonchev–Trinajstić information content (AvgIpc) is 2.94. The molecule has 0 heterocycles. The second-order valence-corrected chi connectivity index (χ2v) is 12.7. The number of nitrogens with one attached hydrogen (secondary N) is 1. The maximum absolute atomic E-state index is 13.2. The molecule has 226 valence electrons. The van der Waals surface area contributed by atoms with Crippen molar-refractivity contribution in [3.05, 3.63) is 108 Å². The number of rotatable bonds is 12. The number of carbonyl (C=O) groups is 2. The molecule has 3 aromatic carbocycles. The van der Waals surface area contributed by atoms with Crippen molar-refractivity contribution in [2.24, 2.45) is 11.5 Å². The van der Waals surface area contributed by atoms with Gasteiger partial charge in [0.25, 0.3) is 0 Å². The molecule has 42 heavy (non-hydrogen) atoms. The molecule has 5 N–H and O–H groups in total. The number of hydrogen-bond donors (Lipinski definition) is 3. The third kappa shape index (κ3) is 8.06. The predicted octanol–water partition coefficient (Wildman–Crippen LogP) is 5.45. The summed E-state index contributed by atoms with van der Waals surface area (Å²) in [5.41, 5.74) is 11.9. The van der Waals surface area contributed by atoms with Gasteiger partial charge in [-0.3, -0.25) is 5.32 Å². The number of nitrogens with two attached hydrogens (primary N) is 2. The first-order valence-corrected chi connectivity index (χ1v) is 14.6. The second kappa shape index (κ2) is 13.6. The molecule has 7 nitrogen and oxygen atoms in total. The van der Waals surface area contributed by atoms with Crippen molar-refractivity contribution in [3.63, 3.8) is 0 Å². The molecule has 0 radical (unpaired) electrons. The van der Waals surface area contributed by atoms with E-state index in [9.17, 15) is 9.59 Å². The normalized spacial score (nSPS) is 13.3. The van der Waals surface area contributed by atoms with Crippen molar-refractivity contribution < 1.29 is 19.1 Å². The monoisotopic (exact) mass is 573 g/mol. The van der Waals surface area contributed by atoms with Crippen LogP contribution in [-0.2, 0) is 24.6 Å². The number of unbranched alkanes of at least 4 members (excludes halogenated alkanes) is 1. The summed E-state index contributed by atoms with van der Waals surface area (Å²) in [6.07, 6.45) is 1.67. The Morgan fingerprint density at radius 3 is 1.36 bits per heavy atom. The summed E-state index contributed by atoms with van der Waals surface area (Å²) >= 11 is 0. The summed E-state index contributed by atoms with van der Waals surface area (Å²) in [5, 5.41) is 3.85. The van der Waals surface area contributed by atoms with Crippen LogP contribution >= 0.6 is 0 Å². The quantitative estimate of drug-likeness (QED) is 0.114. The van der Waals surface area contributed by atoms with E-state index in [1.807, 2.05) is 54.6 Å². The van der Waals surface area contributed by atoms with E-state index in [0.29, 0.717) is 19.4 Å². The van der Waals surface area contributed by atoms with Crippen molar-refractivity contribution in [2.75, 3.05) is 6.54 Å². The Kier molecular flexibility index (Phi) is 10.7. The first-order chi connectivity index (χ1) is 19.7. The molecule has 0 bridgehead atoms. The van der Waals surface area contributed by atoms with Gasteiger partial charge in [0.05, 0.1) is 5.54 Å². The molecular weight excluding hydrogens is 526 g/mol. The zero-order valence-electron chi connectivity index (χ0n) is 25.9. The molecule has 3 rings (SSSR count). The molecule has 1 atom stereocenters. The number of carbonyl (C=O) groups excluding carboxylic acids is 2. The third-order valence-electron chi connectivity index (χ3n) is 7.01. The summed E-state index contributed by atoms with van der Waals surface area (Å²) in [6.45, 7) is 11.0. The van der Waals surface area contributed by atoms with Gasteiger partial charge in [0.2, 0.25) is 5.54 Å². The molecule has 0 aliphatic carbocycles. The summed E-state index contributed by atoms with van der Waals surface area (Å²) in [6, 6.07) is 30.1. The van der Waals surface area contributed by atoms with Crippen LogP contribution in [0.15, 0.2) is 91.0 Å². The van der Waals surface area contributed by atoms with Gasteiger partial charge in [-0.25, -0.2) is 9.59 Å². The van der Waals surface area contributed by atoms with E-state index in [4.69, 9.17) is 20.9 Å². The van der Waals surface area contributed by atoms with Gasteiger partial charge in [-0.1, -0.05) is 97.4 Å². The zero-order chi connectivity index (χ0) is 31.0. The largest absolute Gasteiger partial charge is 0.458 e. The predicted molar refractivity (Wildman–Crippen MR) is 168 cm³/mol. The molecule has 0 spiro atoms. The molecule has 1 unspecified atom stereocenters. The lowest BCUT2D eigenvalue weighted by molar-refractivity contribution is -0.178. The molecule has 0 amide bonds. The fourth-order valence-electron chi connectivity index (χ4n) is 4.97. The van der Waals surface area contributed by atoms with Crippen molar-refractivity contribution in [3.8, 4) is 0 Å². The minimum absolute atomic E-state index is 0.325. The minimum atomic E-state index is -2.13. The lowest BCUT2D eigenvalue weighted by Gasteiger charge is -2.37. The third-order valence-corrected chi connectivity index (χ3v) is 7.01. The van der Waals surface area contributed by atoms with Gasteiger partial charge in [-0.05, 0) is 77.6 Å². The molecule has 0 aromatic heterocycles. The standard InChI is InChI=1S/C35H47N3O4/c1-32(2,3)41-30(39)34(37,31(40)42-33(4,5)6)29(36)24-16-17-25-38-35(26-18-10-7-11-19-26,27-20-12-8-13-21-27)28-22-14-9-15-23-28/h7-15,18-23,29,38H,16-17,24-25,36-37H2,1-6H3. The lowest BCUT2D eigenvalue weighted by atomic mass is 9.77. The van der Waals surface area contributed by atoms with Gasteiger partial charge in [-0.2, -0.15) is 0 Å². The summed E-state index contributed by atoms with van der Waals surface area (Å²) < 4.78 is 11.0. The summed E-state index contributed by atoms with van der Waals surface area (Å²) in [5.74, 6) is -1.77. The number of ether oxygens (including phenoxy) is 2. The fourth-order valence-corrected chi connectivity index (χ4v) is 4.97. The highest BCUT2D eigenvalue weighted by Gasteiger charge is 2.52. The highest BCUT2D eigenvalue weighted by atomic mass is 16.6. The lowest BCUT2D eigenvalue weighted by Crippen LogP contribution is -2.68. The van der Waals surface area contributed by atoms with Gasteiger partial charge in [0.15, 0.2) is 0 Å². The number of benzene rings is 3. The van der Waals surface area contributed by atoms with Crippen LogP contribution in [0.5, 0.6) is 0 Å². The Bertz CT molecular complexity index is 1160. The van der Waals surface area contributed by atoms with Gasteiger partial charge in [0, 0.05) is 6.04 Å². The van der Waals surface area contributed by atoms with Gasteiger partial charge in [-0.15, -0.1) is 0 Å². The van der Waals surface area contributed by atoms with E-state index in [1.165, 1.54) is 0 Å². The maximum Gasteiger partial charge on any atom is 0.340 e. The SMILES string of the molecule is CC(C)(C)OC(=O)C(N)(C(=O)OC(C)(C)C)C(N)CCCCNC(c1ccccc1)(c1ccccc1)c1ccccc1. The van der Waals surface area contributed by atoms with Crippen molar-refractivity contribution in [2.45, 2.75) is 89.1 Å². The average molecular weight is 574 g/mol. The first kappa shape index (κ1) is 33.0. The fraction of sp³-hybridized carbons (Fsp3) is 0.429. The van der Waals surface area contributed by atoms with E-state index in [2.05, 4.69) is 41.7 Å². The second-order valence-electron chi connectivity index (χ2n) is 12.7. The highest BCUT2D eigenvalue weighted by molar-refractivity contribution is 6.06. The molecule has 0 saturated heterocycles. The van der Waals surface area contributed by atoms with Crippen molar-refractivity contribution in [1.29, 1.82) is 0 Å². The molecule has 7 heteroatoms. The number of hydrogen-bond acceptors (Lipinski definition) is 7. The highest BCUT2D eigenvalue weighted by Crippen LogP contribution is 2.36.